The van der Waals surface area contributed by atoms with Crippen molar-refractivity contribution in [1.82, 2.24) is 9.80 Å². The SMILES string of the molecule is C[C@H](C(=O)O)N1CC2(CCC1=O)CCN(C(=O)Cc1ccccc1)CC2. The number of carboxylic acids is 1. The molecule has 0 bridgehead atoms. The van der Waals surface area contributed by atoms with Crippen LogP contribution in [0.4, 0.5) is 0 Å². The van der Waals surface area contributed by atoms with Crippen LogP contribution in [0, 0.1) is 5.41 Å². The van der Waals surface area contributed by atoms with Crippen LogP contribution in [0.1, 0.15) is 38.2 Å². The van der Waals surface area contributed by atoms with E-state index in [-0.39, 0.29) is 17.2 Å². The first kappa shape index (κ1) is 18.4. The fraction of sp³-hybridized carbons (Fsp3) is 0.550. The van der Waals surface area contributed by atoms with E-state index in [4.69, 9.17) is 0 Å². The minimum absolute atomic E-state index is 0.0544. The molecule has 2 aliphatic rings. The third-order valence-electron chi connectivity index (χ3n) is 5.90. The van der Waals surface area contributed by atoms with Gasteiger partial charge in [-0.1, -0.05) is 30.3 Å². The lowest BCUT2D eigenvalue weighted by Gasteiger charge is -2.48. The molecule has 1 spiro atoms. The van der Waals surface area contributed by atoms with E-state index >= 15 is 0 Å². The van der Waals surface area contributed by atoms with Crippen LogP contribution in [0.25, 0.3) is 0 Å². The Bertz CT molecular complexity index is 680. The Morgan fingerprint density at radius 3 is 2.42 bits per heavy atom. The van der Waals surface area contributed by atoms with Crippen molar-refractivity contribution in [3.8, 4) is 0 Å². The van der Waals surface area contributed by atoms with Gasteiger partial charge >= 0.3 is 5.97 Å². The zero-order chi connectivity index (χ0) is 18.7. The summed E-state index contributed by atoms with van der Waals surface area (Å²) in [7, 11) is 0. The molecule has 0 saturated carbocycles. The van der Waals surface area contributed by atoms with E-state index in [0.717, 1.165) is 24.8 Å². The number of likely N-dealkylation sites (tertiary alicyclic amines) is 2. The van der Waals surface area contributed by atoms with Gasteiger partial charge in [0, 0.05) is 26.1 Å². The first-order valence-electron chi connectivity index (χ1n) is 9.24. The molecular formula is C20H26N2O4. The second-order valence-corrected chi connectivity index (χ2v) is 7.58. The molecule has 0 aliphatic carbocycles. The number of rotatable bonds is 4. The highest BCUT2D eigenvalue weighted by Gasteiger charge is 2.43. The summed E-state index contributed by atoms with van der Waals surface area (Å²) < 4.78 is 0. The van der Waals surface area contributed by atoms with E-state index in [9.17, 15) is 19.5 Å². The van der Waals surface area contributed by atoms with Gasteiger partial charge in [0.1, 0.15) is 6.04 Å². The monoisotopic (exact) mass is 358 g/mol. The normalized spacial score (nSPS) is 20.9. The molecule has 6 nitrogen and oxygen atoms in total. The second kappa shape index (κ2) is 7.48. The van der Waals surface area contributed by atoms with E-state index < -0.39 is 12.0 Å². The average molecular weight is 358 g/mol. The lowest BCUT2D eigenvalue weighted by molar-refractivity contribution is -0.155. The predicted octanol–water partition coefficient (Wildman–Crippen LogP) is 1.93. The predicted molar refractivity (Wildman–Crippen MR) is 96.4 cm³/mol. The van der Waals surface area contributed by atoms with Crippen molar-refractivity contribution in [3.05, 3.63) is 35.9 Å². The summed E-state index contributed by atoms with van der Waals surface area (Å²) in [6.07, 6.45) is 3.24. The van der Waals surface area contributed by atoms with Crippen molar-refractivity contribution in [2.45, 2.75) is 45.1 Å². The van der Waals surface area contributed by atoms with Gasteiger partial charge in [0.15, 0.2) is 0 Å². The van der Waals surface area contributed by atoms with Gasteiger partial charge in [-0.25, -0.2) is 4.79 Å². The topological polar surface area (TPSA) is 77.9 Å². The number of aliphatic carboxylic acids is 1. The summed E-state index contributed by atoms with van der Waals surface area (Å²) in [5.41, 5.74) is 0.962. The molecule has 0 unspecified atom stereocenters. The molecule has 2 aliphatic heterocycles. The Labute approximate surface area is 153 Å². The third-order valence-corrected chi connectivity index (χ3v) is 5.90. The van der Waals surface area contributed by atoms with E-state index in [1.807, 2.05) is 35.2 Å². The lowest BCUT2D eigenvalue weighted by Crippen LogP contribution is -2.56. The van der Waals surface area contributed by atoms with Crippen molar-refractivity contribution in [3.63, 3.8) is 0 Å². The standard InChI is InChI=1S/C20H26N2O4/c1-15(19(25)26)22-14-20(8-7-17(22)23)9-11-21(12-10-20)18(24)13-16-5-3-2-4-6-16/h2-6,15H,7-14H2,1H3,(H,25,26)/t15-/m1/s1. The smallest absolute Gasteiger partial charge is 0.326 e. The summed E-state index contributed by atoms with van der Waals surface area (Å²) in [5, 5.41) is 9.25. The summed E-state index contributed by atoms with van der Waals surface area (Å²) in [6, 6.07) is 8.93. The molecule has 3 rings (SSSR count). The van der Waals surface area contributed by atoms with Crippen molar-refractivity contribution in [2.24, 2.45) is 5.41 Å². The lowest BCUT2D eigenvalue weighted by atomic mass is 9.72. The summed E-state index contributed by atoms with van der Waals surface area (Å²) in [4.78, 5) is 39.4. The molecular weight excluding hydrogens is 332 g/mol. The van der Waals surface area contributed by atoms with Gasteiger partial charge in [-0.3, -0.25) is 9.59 Å². The van der Waals surface area contributed by atoms with Crippen LogP contribution in [0.2, 0.25) is 0 Å². The summed E-state index contributed by atoms with van der Waals surface area (Å²) in [6.45, 7) is 3.40. The van der Waals surface area contributed by atoms with Crippen molar-refractivity contribution >= 4 is 17.8 Å². The van der Waals surface area contributed by atoms with Crippen LogP contribution in [-0.2, 0) is 20.8 Å². The van der Waals surface area contributed by atoms with Crippen molar-refractivity contribution in [1.29, 1.82) is 0 Å². The molecule has 2 heterocycles. The van der Waals surface area contributed by atoms with Gasteiger partial charge in [0.25, 0.3) is 0 Å². The number of amides is 2. The zero-order valence-electron chi connectivity index (χ0n) is 15.2. The van der Waals surface area contributed by atoms with Crippen LogP contribution in [0.5, 0.6) is 0 Å². The molecule has 6 heteroatoms. The molecule has 1 aromatic rings. The highest BCUT2D eigenvalue weighted by molar-refractivity contribution is 5.84. The third kappa shape index (κ3) is 3.89. The average Bonchev–Trinajstić information content (AvgIpc) is 2.64. The van der Waals surface area contributed by atoms with Crippen molar-refractivity contribution < 1.29 is 19.5 Å². The molecule has 1 atom stereocenters. The Hall–Kier alpha value is -2.37. The molecule has 1 N–H and O–H groups in total. The minimum atomic E-state index is -0.967. The van der Waals surface area contributed by atoms with Crippen LogP contribution in [-0.4, -0.2) is 58.4 Å². The number of hydrogen-bond acceptors (Lipinski definition) is 3. The highest BCUT2D eigenvalue weighted by atomic mass is 16.4. The molecule has 2 saturated heterocycles. The molecule has 1 aromatic carbocycles. The quantitative estimate of drug-likeness (QED) is 0.892. The number of carboxylic acid groups (broad SMARTS) is 1. The summed E-state index contributed by atoms with van der Waals surface area (Å²) >= 11 is 0. The molecule has 2 amide bonds. The summed E-state index contributed by atoms with van der Waals surface area (Å²) in [5.74, 6) is -0.910. The van der Waals surface area contributed by atoms with E-state index in [1.165, 1.54) is 4.90 Å². The first-order valence-corrected chi connectivity index (χ1v) is 9.24. The van der Waals surface area contributed by atoms with Gasteiger partial charge in [0.05, 0.1) is 6.42 Å². The van der Waals surface area contributed by atoms with Gasteiger partial charge in [0.2, 0.25) is 11.8 Å². The number of benzene rings is 1. The fourth-order valence-corrected chi connectivity index (χ4v) is 4.05. The number of nitrogens with zero attached hydrogens (tertiary/aromatic N) is 2. The Morgan fingerprint density at radius 1 is 1.15 bits per heavy atom. The van der Waals surface area contributed by atoms with E-state index in [2.05, 4.69) is 0 Å². The van der Waals surface area contributed by atoms with Crippen LogP contribution < -0.4 is 0 Å². The fourth-order valence-electron chi connectivity index (χ4n) is 4.05. The first-order chi connectivity index (χ1) is 12.4. The molecule has 0 radical (unpaired) electrons. The van der Waals surface area contributed by atoms with Gasteiger partial charge in [-0.05, 0) is 37.2 Å². The molecule has 26 heavy (non-hydrogen) atoms. The maximum atomic E-state index is 12.5. The maximum absolute atomic E-state index is 12.5. The van der Waals surface area contributed by atoms with Crippen LogP contribution in [0.15, 0.2) is 30.3 Å². The molecule has 0 aromatic heterocycles. The molecule has 2 fully saturated rings. The highest BCUT2D eigenvalue weighted by Crippen LogP contribution is 2.40. The largest absolute Gasteiger partial charge is 0.480 e. The Kier molecular flexibility index (Phi) is 5.30. The Balaban J connectivity index is 1.59. The minimum Gasteiger partial charge on any atom is -0.480 e. The number of carbonyl (C=O) groups excluding carboxylic acids is 2. The Morgan fingerprint density at radius 2 is 1.81 bits per heavy atom. The van der Waals surface area contributed by atoms with Gasteiger partial charge in [-0.2, -0.15) is 0 Å². The maximum Gasteiger partial charge on any atom is 0.326 e. The number of piperidine rings is 2. The molecule has 140 valence electrons. The van der Waals surface area contributed by atoms with Crippen LogP contribution in [0.3, 0.4) is 0 Å². The number of hydrogen-bond donors (Lipinski definition) is 1. The van der Waals surface area contributed by atoms with E-state index in [0.29, 0.717) is 32.5 Å². The van der Waals surface area contributed by atoms with Crippen LogP contribution >= 0.6 is 0 Å². The van der Waals surface area contributed by atoms with E-state index in [1.54, 1.807) is 6.92 Å². The van der Waals surface area contributed by atoms with Gasteiger partial charge in [-0.15, -0.1) is 0 Å². The number of carbonyl (C=O) groups is 3. The zero-order valence-corrected chi connectivity index (χ0v) is 15.2. The van der Waals surface area contributed by atoms with Gasteiger partial charge < -0.3 is 14.9 Å². The van der Waals surface area contributed by atoms with Crippen molar-refractivity contribution in [2.75, 3.05) is 19.6 Å². The second-order valence-electron chi connectivity index (χ2n) is 7.58.